The van der Waals surface area contributed by atoms with Crippen LogP contribution in [-0.4, -0.2) is 27.9 Å². The number of fused-ring (bicyclic) bond motifs is 1. The first-order valence-electron chi connectivity index (χ1n) is 3.87. The monoisotopic (exact) mass is 191 g/mol. The molecule has 0 fully saturated rings. The van der Waals surface area contributed by atoms with Crippen LogP contribution in [0.4, 0.5) is 5.69 Å². The summed E-state index contributed by atoms with van der Waals surface area (Å²) in [4.78, 5) is 28.8. The minimum atomic E-state index is -1.39. The molecule has 0 radical (unpaired) electrons. The van der Waals surface area contributed by atoms with Crippen molar-refractivity contribution in [2.45, 2.75) is 6.04 Å². The van der Waals surface area contributed by atoms with Crippen molar-refractivity contribution >= 4 is 17.7 Å². The Bertz CT molecular complexity index is 441. The largest absolute Gasteiger partial charge is 0.311 e. The maximum Gasteiger partial charge on any atom is 0.311 e. The van der Waals surface area contributed by atoms with Gasteiger partial charge >= 0.3 is 6.04 Å². The molecule has 2 rings (SSSR count). The Labute approximate surface area is 78.4 Å². The van der Waals surface area contributed by atoms with Gasteiger partial charge in [-0.2, -0.15) is 0 Å². The first kappa shape index (κ1) is 8.49. The molecule has 0 aliphatic carbocycles. The van der Waals surface area contributed by atoms with Crippen molar-refractivity contribution < 1.29 is 9.72 Å². The van der Waals surface area contributed by atoms with E-state index in [1.807, 2.05) is 0 Å². The zero-order valence-electron chi connectivity index (χ0n) is 6.95. The van der Waals surface area contributed by atoms with Crippen molar-refractivity contribution in [1.29, 1.82) is 0 Å². The van der Waals surface area contributed by atoms with Gasteiger partial charge in [0.1, 0.15) is 5.69 Å². The van der Waals surface area contributed by atoms with Gasteiger partial charge < -0.3 is 0 Å². The van der Waals surface area contributed by atoms with Crippen molar-refractivity contribution in [2.24, 2.45) is 4.99 Å². The lowest BCUT2D eigenvalue weighted by Gasteiger charge is -2.09. The summed E-state index contributed by atoms with van der Waals surface area (Å²) in [6.07, 6.45) is 2.45. The third kappa shape index (κ3) is 1.17. The van der Waals surface area contributed by atoms with Crippen LogP contribution < -0.4 is 0 Å². The molecule has 6 heteroatoms. The number of carbonyl (C=O) groups excluding carboxylic acids is 1. The summed E-state index contributed by atoms with van der Waals surface area (Å²) in [7, 11) is 0. The molecular weight excluding hydrogens is 186 g/mol. The fourth-order valence-electron chi connectivity index (χ4n) is 1.20. The highest BCUT2D eigenvalue weighted by Gasteiger charge is 2.34. The van der Waals surface area contributed by atoms with Crippen LogP contribution in [0.1, 0.15) is 10.5 Å². The molecule has 1 atom stereocenters. The Morgan fingerprint density at radius 1 is 1.50 bits per heavy atom. The number of nitro groups is 1. The molecule has 0 bridgehead atoms. The molecule has 0 amide bonds. The summed E-state index contributed by atoms with van der Waals surface area (Å²) >= 11 is 0. The second kappa shape index (κ2) is 2.99. The summed E-state index contributed by atoms with van der Waals surface area (Å²) in [6.45, 7) is 0. The minimum absolute atomic E-state index is 0.0664. The summed E-state index contributed by atoms with van der Waals surface area (Å²) in [5.74, 6) is -0.611. The van der Waals surface area contributed by atoms with Gasteiger partial charge in [0.15, 0.2) is 0 Å². The normalized spacial score (nSPS) is 19.1. The quantitative estimate of drug-likeness (QED) is 0.481. The molecule has 1 aliphatic heterocycles. The van der Waals surface area contributed by atoms with Gasteiger partial charge in [0, 0.05) is 11.1 Å². The fraction of sp³-hybridized carbons (Fsp3) is 0.125. The summed E-state index contributed by atoms with van der Waals surface area (Å²) in [5, 5.41) is 10.4. The Balaban J connectivity index is 2.50. The van der Waals surface area contributed by atoms with Crippen molar-refractivity contribution in [3.63, 3.8) is 0 Å². The van der Waals surface area contributed by atoms with E-state index in [0.29, 0.717) is 5.69 Å². The van der Waals surface area contributed by atoms with E-state index in [0.717, 1.165) is 6.21 Å². The molecule has 6 nitrogen and oxygen atoms in total. The van der Waals surface area contributed by atoms with E-state index in [-0.39, 0.29) is 5.69 Å². The fourth-order valence-corrected chi connectivity index (χ4v) is 1.20. The molecule has 1 unspecified atom stereocenters. The predicted molar refractivity (Wildman–Crippen MR) is 47.5 cm³/mol. The van der Waals surface area contributed by atoms with Gasteiger partial charge in [-0.15, -0.1) is 0 Å². The second-order valence-electron chi connectivity index (χ2n) is 2.74. The Morgan fingerprint density at radius 2 is 2.29 bits per heavy atom. The van der Waals surface area contributed by atoms with Gasteiger partial charge in [-0.25, -0.2) is 0 Å². The predicted octanol–water partition coefficient (Wildman–Crippen LogP) is 0.625. The number of rotatable bonds is 1. The van der Waals surface area contributed by atoms with Crippen molar-refractivity contribution in [3.05, 3.63) is 34.1 Å². The van der Waals surface area contributed by atoms with Crippen LogP contribution >= 0.6 is 0 Å². The van der Waals surface area contributed by atoms with E-state index < -0.39 is 16.7 Å². The van der Waals surface area contributed by atoms with E-state index in [1.54, 1.807) is 12.1 Å². The lowest BCUT2D eigenvalue weighted by molar-refractivity contribution is -0.485. The molecule has 0 N–H and O–H groups in total. The smallest absolute Gasteiger partial charge is 0.284 e. The molecule has 14 heavy (non-hydrogen) atoms. The van der Waals surface area contributed by atoms with E-state index >= 15 is 0 Å². The zero-order valence-corrected chi connectivity index (χ0v) is 6.95. The summed E-state index contributed by atoms with van der Waals surface area (Å²) < 4.78 is 0. The number of pyridine rings is 1. The maximum atomic E-state index is 11.5. The van der Waals surface area contributed by atoms with Crippen molar-refractivity contribution in [2.75, 3.05) is 0 Å². The van der Waals surface area contributed by atoms with Gasteiger partial charge in [-0.05, 0) is 12.1 Å². The molecule has 1 aromatic heterocycles. The molecule has 0 saturated heterocycles. The highest BCUT2D eigenvalue weighted by Crippen LogP contribution is 2.21. The third-order valence-electron chi connectivity index (χ3n) is 1.87. The third-order valence-corrected chi connectivity index (χ3v) is 1.87. The minimum Gasteiger partial charge on any atom is -0.284 e. The number of Topliss-reactive ketones (excluding diaryl/α,β-unsaturated/α-hetero) is 1. The summed E-state index contributed by atoms with van der Waals surface area (Å²) in [6, 6.07) is 1.82. The number of ketones is 1. The van der Waals surface area contributed by atoms with Gasteiger partial charge in [0.05, 0.1) is 11.9 Å². The molecule has 0 saturated carbocycles. The number of aliphatic imine (C=N–C) groups is 1. The van der Waals surface area contributed by atoms with E-state index in [1.165, 1.54) is 6.20 Å². The van der Waals surface area contributed by atoms with Crippen LogP contribution in [0.5, 0.6) is 0 Å². The van der Waals surface area contributed by atoms with Gasteiger partial charge in [-0.1, -0.05) is 0 Å². The number of hydrogen-bond donors (Lipinski definition) is 0. The van der Waals surface area contributed by atoms with Crippen LogP contribution in [0.25, 0.3) is 0 Å². The molecule has 70 valence electrons. The lowest BCUT2D eigenvalue weighted by Crippen LogP contribution is -2.33. The van der Waals surface area contributed by atoms with Crippen LogP contribution in [0.3, 0.4) is 0 Å². The van der Waals surface area contributed by atoms with Gasteiger partial charge in [0.25, 0.3) is 5.78 Å². The Kier molecular flexibility index (Phi) is 1.81. The topological polar surface area (TPSA) is 85.5 Å². The number of hydrogen-bond acceptors (Lipinski definition) is 5. The lowest BCUT2D eigenvalue weighted by atomic mass is 10.1. The first-order valence-corrected chi connectivity index (χ1v) is 3.87. The zero-order chi connectivity index (χ0) is 10.1. The average molecular weight is 191 g/mol. The van der Waals surface area contributed by atoms with Gasteiger partial charge in [-0.3, -0.25) is 24.9 Å². The van der Waals surface area contributed by atoms with Gasteiger partial charge in [0.2, 0.25) is 0 Å². The highest BCUT2D eigenvalue weighted by molar-refractivity contribution is 6.12. The van der Waals surface area contributed by atoms with E-state index in [4.69, 9.17) is 0 Å². The van der Waals surface area contributed by atoms with Crippen molar-refractivity contribution in [3.8, 4) is 0 Å². The SMILES string of the molecule is O=C1c2ncccc2N=CC1[N+](=O)[O-]. The number of nitrogens with zero attached hydrogens (tertiary/aromatic N) is 3. The van der Waals surface area contributed by atoms with Crippen LogP contribution in [0.2, 0.25) is 0 Å². The molecule has 2 heterocycles. The van der Waals surface area contributed by atoms with Crippen molar-refractivity contribution in [1.82, 2.24) is 4.98 Å². The van der Waals surface area contributed by atoms with E-state index in [9.17, 15) is 14.9 Å². The Hall–Kier alpha value is -2.11. The molecule has 1 aliphatic rings. The molecule has 1 aromatic rings. The Morgan fingerprint density at radius 3 is 3.00 bits per heavy atom. The average Bonchev–Trinajstić information content (AvgIpc) is 2.18. The number of carbonyl (C=O) groups is 1. The summed E-state index contributed by atoms with van der Waals surface area (Å²) in [5.41, 5.74) is 0.451. The number of aromatic nitrogens is 1. The molecule has 0 spiro atoms. The van der Waals surface area contributed by atoms with Crippen LogP contribution in [0.15, 0.2) is 23.3 Å². The highest BCUT2D eigenvalue weighted by atomic mass is 16.6. The molecular formula is C8H5N3O3. The first-order chi connectivity index (χ1) is 6.70. The van der Waals surface area contributed by atoms with Crippen LogP contribution in [0, 0.1) is 10.1 Å². The maximum absolute atomic E-state index is 11.5. The molecule has 0 aromatic carbocycles. The standard InChI is InChI=1S/C8H5N3O3/c12-8-6(11(13)14)4-10-5-2-1-3-9-7(5)8/h1-4,6H. The van der Waals surface area contributed by atoms with E-state index in [2.05, 4.69) is 9.98 Å². The van der Waals surface area contributed by atoms with Crippen LogP contribution in [-0.2, 0) is 0 Å². The second-order valence-corrected chi connectivity index (χ2v) is 2.74.